The Morgan fingerprint density at radius 1 is 1.24 bits per heavy atom. The molecule has 0 radical (unpaired) electrons. The van der Waals surface area contributed by atoms with Gasteiger partial charge in [0.2, 0.25) is 12.3 Å². The molecule has 8 N–H and O–H groups in total. The normalized spacial score (nSPS) is 14.7. The molecule has 0 spiro atoms. The minimum atomic E-state index is -0.699. The second-order valence-corrected chi connectivity index (χ2v) is 7.70. The van der Waals surface area contributed by atoms with E-state index in [2.05, 4.69) is 20.9 Å². The molecule has 2 heterocycles. The van der Waals surface area contributed by atoms with Crippen molar-refractivity contribution in [2.45, 2.75) is 33.0 Å². The number of carbonyl (C=O) groups excluding carboxylic acids is 4. The predicted molar refractivity (Wildman–Crippen MR) is 124 cm³/mol. The molecule has 0 saturated heterocycles. The molecule has 1 aromatic heterocycles. The Morgan fingerprint density at radius 2 is 2.00 bits per heavy atom. The molecular weight excluding hydrogens is 426 g/mol. The Kier molecular flexibility index (Phi) is 7.13. The number of nitrogens with two attached hydrogens (primary N) is 2. The first-order valence-corrected chi connectivity index (χ1v) is 10.3. The van der Waals surface area contributed by atoms with Gasteiger partial charge in [-0.1, -0.05) is 0 Å². The summed E-state index contributed by atoms with van der Waals surface area (Å²) in [6.45, 7) is 3.73. The number of H-pyrrole nitrogens is 1. The first-order valence-electron chi connectivity index (χ1n) is 10.3. The van der Waals surface area contributed by atoms with Crippen molar-refractivity contribution in [3.63, 3.8) is 0 Å². The van der Waals surface area contributed by atoms with E-state index in [0.29, 0.717) is 53.2 Å². The van der Waals surface area contributed by atoms with Crippen LogP contribution in [0.5, 0.6) is 0 Å². The molecule has 1 atom stereocenters. The molecular formula is C22H27N7O4. The van der Waals surface area contributed by atoms with Gasteiger partial charge in [-0.3, -0.25) is 14.4 Å². The lowest BCUT2D eigenvalue weighted by Crippen LogP contribution is -2.47. The molecule has 11 heteroatoms. The van der Waals surface area contributed by atoms with Crippen molar-refractivity contribution >= 4 is 46.8 Å². The van der Waals surface area contributed by atoms with Crippen LogP contribution in [0.2, 0.25) is 0 Å². The topological polar surface area (TPSA) is 175 Å². The highest BCUT2D eigenvalue weighted by Crippen LogP contribution is 2.38. The average Bonchev–Trinajstić information content (AvgIpc) is 3.34. The van der Waals surface area contributed by atoms with Crippen LogP contribution in [0.1, 0.15) is 37.1 Å². The summed E-state index contributed by atoms with van der Waals surface area (Å²) in [6.07, 6.45) is 2.30. The molecule has 33 heavy (non-hydrogen) atoms. The highest BCUT2D eigenvalue weighted by atomic mass is 16.2. The van der Waals surface area contributed by atoms with E-state index in [1.165, 1.54) is 11.8 Å². The number of allylic oxidation sites excluding steroid dienone is 1. The number of benzene rings is 1. The van der Waals surface area contributed by atoms with Gasteiger partial charge in [0, 0.05) is 42.3 Å². The molecule has 3 rings (SSSR count). The second kappa shape index (κ2) is 10.0. The van der Waals surface area contributed by atoms with Crippen LogP contribution in [0, 0.1) is 0 Å². The van der Waals surface area contributed by atoms with E-state index in [0.717, 1.165) is 5.56 Å². The van der Waals surface area contributed by atoms with Crippen molar-refractivity contribution < 1.29 is 19.2 Å². The van der Waals surface area contributed by atoms with Gasteiger partial charge in [-0.15, -0.1) is 0 Å². The summed E-state index contributed by atoms with van der Waals surface area (Å²) < 4.78 is 0. The van der Waals surface area contributed by atoms with Gasteiger partial charge in [-0.2, -0.15) is 0 Å². The van der Waals surface area contributed by atoms with Gasteiger partial charge in [0.15, 0.2) is 0 Å². The number of fused-ring (bicyclic) bond motifs is 1. The van der Waals surface area contributed by atoms with Crippen LogP contribution in [-0.2, 0) is 20.9 Å². The molecule has 0 fully saturated rings. The first-order chi connectivity index (χ1) is 15.7. The third-order valence-electron chi connectivity index (χ3n) is 5.26. The Balaban J connectivity index is 1.88. The molecule has 1 aliphatic heterocycles. The minimum absolute atomic E-state index is 0.239. The number of hydrogen-bond acceptors (Lipinski definition) is 5. The van der Waals surface area contributed by atoms with Gasteiger partial charge >= 0.3 is 6.03 Å². The maximum absolute atomic E-state index is 12.7. The zero-order valence-electron chi connectivity index (χ0n) is 18.4. The van der Waals surface area contributed by atoms with Crippen molar-refractivity contribution in [2.75, 3.05) is 17.2 Å². The number of urea groups is 1. The van der Waals surface area contributed by atoms with Crippen molar-refractivity contribution in [2.24, 2.45) is 11.5 Å². The summed E-state index contributed by atoms with van der Waals surface area (Å²) in [6, 6.07) is 6.16. The van der Waals surface area contributed by atoms with Crippen LogP contribution in [-0.4, -0.2) is 46.8 Å². The van der Waals surface area contributed by atoms with E-state index in [9.17, 15) is 19.2 Å². The number of anilines is 2. The largest absolute Gasteiger partial charge is 0.361 e. The molecule has 0 aliphatic carbocycles. The maximum Gasteiger partial charge on any atom is 0.316 e. The Morgan fingerprint density at radius 3 is 2.64 bits per heavy atom. The third-order valence-corrected chi connectivity index (χ3v) is 5.26. The SMILES string of the molecule is CC(=O)NC(CCN)N(C=O)Cc1c[nH]c(C(C)=C2C(=O)Nc3ccc(NC(N)=O)cc32)c1. The monoisotopic (exact) mass is 453 g/mol. The molecule has 5 amide bonds. The minimum Gasteiger partial charge on any atom is -0.361 e. The summed E-state index contributed by atoms with van der Waals surface area (Å²) in [7, 11) is 0. The van der Waals surface area contributed by atoms with E-state index in [4.69, 9.17) is 11.5 Å². The molecule has 1 aliphatic rings. The standard InChI is InChI=1S/C22H27N7O4/c1-12(20-16-8-15(27-22(24)33)3-4-17(16)28-21(20)32)18-7-14(9-25-18)10-29(11-30)19(5-6-23)26-13(2)31/h3-4,7-9,11,19,25H,5-6,10,23H2,1-2H3,(H,26,31)(H,28,32)(H3,24,27,33). The van der Waals surface area contributed by atoms with Crippen molar-refractivity contribution in [3.05, 3.63) is 47.3 Å². The number of carbonyl (C=O) groups is 4. The summed E-state index contributed by atoms with van der Waals surface area (Å²) in [5.41, 5.74) is 15.2. The predicted octanol–water partition coefficient (Wildman–Crippen LogP) is 1.16. The van der Waals surface area contributed by atoms with E-state index in [-0.39, 0.29) is 18.4 Å². The lowest BCUT2D eigenvalue weighted by molar-refractivity contribution is -0.126. The zero-order valence-corrected chi connectivity index (χ0v) is 18.4. The maximum atomic E-state index is 12.7. The zero-order chi connectivity index (χ0) is 24.1. The van der Waals surface area contributed by atoms with Crippen LogP contribution in [0.15, 0.2) is 30.5 Å². The number of nitrogens with one attached hydrogen (secondary N) is 4. The van der Waals surface area contributed by atoms with Gasteiger partial charge < -0.3 is 37.3 Å². The molecule has 1 unspecified atom stereocenters. The van der Waals surface area contributed by atoms with Gasteiger partial charge in [0.25, 0.3) is 5.91 Å². The van der Waals surface area contributed by atoms with Crippen LogP contribution in [0.3, 0.4) is 0 Å². The lowest BCUT2D eigenvalue weighted by Gasteiger charge is -2.28. The Labute approximate surface area is 190 Å². The van der Waals surface area contributed by atoms with Gasteiger partial charge in [0.05, 0.1) is 5.57 Å². The fraction of sp³-hybridized carbons (Fsp3) is 0.273. The van der Waals surface area contributed by atoms with E-state index in [1.54, 1.807) is 31.3 Å². The van der Waals surface area contributed by atoms with Crippen LogP contribution < -0.4 is 27.4 Å². The van der Waals surface area contributed by atoms with E-state index in [1.807, 2.05) is 6.07 Å². The number of nitrogens with zero attached hydrogens (tertiary/aromatic N) is 1. The third kappa shape index (κ3) is 5.39. The van der Waals surface area contributed by atoms with Crippen molar-refractivity contribution in [1.82, 2.24) is 15.2 Å². The van der Waals surface area contributed by atoms with Gasteiger partial charge in [0.1, 0.15) is 6.17 Å². The number of aromatic amines is 1. The van der Waals surface area contributed by atoms with Crippen LogP contribution >= 0.6 is 0 Å². The fourth-order valence-electron chi connectivity index (χ4n) is 3.79. The summed E-state index contributed by atoms with van der Waals surface area (Å²) >= 11 is 0. The molecule has 0 bridgehead atoms. The molecule has 0 saturated carbocycles. The van der Waals surface area contributed by atoms with Crippen molar-refractivity contribution in [3.8, 4) is 0 Å². The van der Waals surface area contributed by atoms with Gasteiger partial charge in [-0.05, 0) is 55.3 Å². The quantitative estimate of drug-likeness (QED) is 0.189. The van der Waals surface area contributed by atoms with E-state index < -0.39 is 12.2 Å². The highest BCUT2D eigenvalue weighted by molar-refractivity contribution is 6.36. The smallest absolute Gasteiger partial charge is 0.316 e. The number of primary amides is 1. The van der Waals surface area contributed by atoms with Crippen LogP contribution in [0.4, 0.5) is 16.2 Å². The van der Waals surface area contributed by atoms with Crippen molar-refractivity contribution in [1.29, 1.82) is 0 Å². The Bertz CT molecular complexity index is 1120. The van der Waals surface area contributed by atoms with Crippen LogP contribution in [0.25, 0.3) is 11.1 Å². The number of aromatic nitrogens is 1. The molecule has 11 nitrogen and oxygen atoms in total. The number of hydrogen-bond donors (Lipinski definition) is 6. The molecule has 1 aromatic carbocycles. The highest BCUT2D eigenvalue weighted by Gasteiger charge is 2.27. The number of rotatable bonds is 9. The fourth-order valence-corrected chi connectivity index (χ4v) is 3.79. The lowest BCUT2D eigenvalue weighted by atomic mass is 9.99. The second-order valence-electron chi connectivity index (χ2n) is 7.70. The summed E-state index contributed by atoms with van der Waals surface area (Å²) in [4.78, 5) is 51.6. The summed E-state index contributed by atoms with van der Waals surface area (Å²) in [5, 5.41) is 8.05. The summed E-state index contributed by atoms with van der Waals surface area (Å²) in [5.74, 6) is -0.523. The van der Waals surface area contributed by atoms with Gasteiger partial charge in [-0.25, -0.2) is 4.79 Å². The molecule has 2 aromatic rings. The average molecular weight is 454 g/mol. The first kappa shape index (κ1) is 23.5. The molecule has 174 valence electrons. The van der Waals surface area contributed by atoms with E-state index >= 15 is 0 Å². The number of amides is 5. The Hall–Kier alpha value is -4.12.